The minimum Gasteiger partial charge on any atom is -0.494 e. The largest absolute Gasteiger partial charge is 0.494 e. The molecule has 0 spiro atoms. The number of ether oxygens (including phenoxy) is 1. The fourth-order valence-corrected chi connectivity index (χ4v) is 4.55. The predicted molar refractivity (Wildman–Crippen MR) is 144 cm³/mol. The summed E-state index contributed by atoms with van der Waals surface area (Å²) < 4.78 is 29.9. The van der Waals surface area contributed by atoms with Gasteiger partial charge in [-0.3, -0.25) is 0 Å². The standard InChI is InChI=1S/C24H30ClN7O3S/c1-26-17-9-11-32(12-10-17)18-7-8-21(22(13-18)35-2)30-24-27-15-19(25)23(31-24)29-20-6-4-3-5-16(20)14-28-36(33)34/h3-8,13,15,17,26,36H,9-12,14H2,1-2H3,(H,28,33,34)(H2,27,29,30,31). The Hall–Kier alpha value is -3.12. The van der Waals surface area contributed by atoms with E-state index in [0.29, 0.717) is 34.3 Å². The van der Waals surface area contributed by atoms with Gasteiger partial charge in [-0.15, -0.1) is 0 Å². The molecular weight excluding hydrogens is 502 g/mol. The van der Waals surface area contributed by atoms with E-state index < -0.39 is 10.9 Å². The van der Waals surface area contributed by atoms with Crippen LogP contribution in [0.4, 0.5) is 28.8 Å². The van der Waals surface area contributed by atoms with E-state index in [2.05, 4.69) is 41.6 Å². The molecule has 10 nitrogen and oxygen atoms in total. The Kier molecular flexibility index (Phi) is 8.81. The summed E-state index contributed by atoms with van der Waals surface area (Å²) in [6.45, 7) is 2.12. The van der Waals surface area contributed by atoms with Crippen molar-refractivity contribution in [2.75, 3.05) is 42.8 Å². The highest BCUT2D eigenvalue weighted by atomic mass is 35.5. The zero-order valence-electron chi connectivity index (χ0n) is 20.1. The quantitative estimate of drug-likeness (QED) is 0.250. The zero-order chi connectivity index (χ0) is 25.5. The molecule has 12 heteroatoms. The molecule has 36 heavy (non-hydrogen) atoms. The number of hydrogen-bond donors (Lipinski definition) is 5. The molecule has 4 N–H and O–H groups in total. The van der Waals surface area contributed by atoms with Crippen LogP contribution >= 0.6 is 11.6 Å². The van der Waals surface area contributed by atoms with Crippen molar-refractivity contribution in [3.8, 4) is 5.75 Å². The first-order valence-electron chi connectivity index (χ1n) is 11.6. The molecule has 0 unspecified atom stereocenters. The SMILES string of the molecule is CNC1CCN(c2ccc(Nc3ncc(Cl)c(Nc4ccccc4CN[SH](=O)=O)n3)c(OC)c2)CC1. The number of halogens is 1. The molecule has 3 aromatic rings. The molecule has 1 aromatic heterocycles. The van der Waals surface area contributed by atoms with E-state index in [1.807, 2.05) is 43.4 Å². The van der Waals surface area contributed by atoms with Crippen LogP contribution in [-0.4, -0.2) is 51.7 Å². The fraction of sp³-hybridized carbons (Fsp3) is 0.333. The molecule has 1 saturated heterocycles. The third-order valence-corrected chi connectivity index (χ3v) is 6.81. The third-order valence-electron chi connectivity index (χ3n) is 6.11. The van der Waals surface area contributed by atoms with Crippen LogP contribution in [0.15, 0.2) is 48.7 Å². The second-order valence-corrected chi connectivity index (χ2v) is 9.56. The number of methoxy groups -OCH3 is 1. The van der Waals surface area contributed by atoms with Crippen LogP contribution < -0.4 is 30.3 Å². The van der Waals surface area contributed by atoms with Crippen LogP contribution in [0.5, 0.6) is 5.75 Å². The predicted octanol–water partition coefficient (Wildman–Crippen LogP) is 3.43. The molecule has 2 aromatic carbocycles. The number of rotatable bonds is 10. The van der Waals surface area contributed by atoms with Crippen molar-refractivity contribution in [2.45, 2.75) is 25.4 Å². The molecule has 1 aliphatic heterocycles. The average Bonchev–Trinajstić information content (AvgIpc) is 2.90. The van der Waals surface area contributed by atoms with Crippen LogP contribution in [0.3, 0.4) is 0 Å². The summed E-state index contributed by atoms with van der Waals surface area (Å²) in [5.74, 6) is 1.40. The Bertz CT molecular complexity index is 1260. The van der Waals surface area contributed by atoms with Gasteiger partial charge in [0.15, 0.2) is 5.82 Å². The average molecular weight is 532 g/mol. The van der Waals surface area contributed by atoms with Crippen molar-refractivity contribution in [3.63, 3.8) is 0 Å². The number of thiol groups is 1. The van der Waals surface area contributed by atoms with E-state index in [4.69, 9.17) is 16.3 Å². The van der Waals surface area contributed by atoms with Crippen molar-refractivity contribution >= 4 is 51.3 Å². The maximum Gasteiger partial charge on any atom is 0.229 e. The number of nitrogens with zero attached hydrogens (tertiary/aromatic N) is 3. The second-order valence-electron chi connectivity index (χ2n) is 8.32. The minimum absolute atomic E-state index is 0.145. The summed E-state index contributed by atoms with van der Waals surface area (Å²) in [5, 5.41) is 10.1. The zero-order valence-corrected chi connectivity index (χ0v) is 21.8. The Balaban J connectivity index is 1.51. The third kappa shape index (κ3) is 6.55. The van der Waals surface area contributed by atoms with Gasteiger partial charge in [0.2, 0.25) is 16.8 Å². The van der Waals surface area contributed by atoms with Crippen LogP contribution in [0.25, 0.3) is 0 Å². The smallest absolute Gasteiger partial charge is 0.229 e. The van der Waals surface area contributed by atoms with E-state index in [1.165, 1.54) is 6.20 Å². The number of para-hydroxylation sites is 1. The number of anilines is 5. The van der Waals surface area contributed by atoms with Crippen molar-refractivity contribution < 1.29 is 13.2 Å². The van der Waals surface area contributed by atoms with Gasteiger partial charge in [0.05, 0.1) is 19.0 Å². The monoisotopic (exact) mass is 531 g/mol. The van der Waals surface area contributed by atoms with E-state index in [1.54, 1.807) is 7.11 Å². The number of piperidine rings is 1. The molecule has 0 amide bonds. The number of nitrogens with one attached hydrogen (secondary N) is 4. The van der Waals surface area contributed by atoms with E-state index in [9.17, 15) is 8.42 Å². The van der Waals surface area contributed by atoms with Crippen LogP contribution in [0.2, 0.25) is 5.02 Å². The lowest BCUT2D eigenvalue weighted by Crippen LogP contribution is -2.41. The summed E-state index contributed by atoms with van der Waals surface area (Å²) in [7, 11) is 0.937. The van der Waals surface area contributed by atoms with Gasteiger partial charge >= 0.3 is 0 Å². The molecule has 1 aliphatic rings. The maximum atomic E-state index is 10.9. The second kappa shape index (κ2) is 12.2. The Morgan fingerprint density at radius 2 is 1.89 bits per heavy atom. The van der Waals surface area contributed by atoms with Gasteiger partial charge < -0.3 is 25.6 Å². The molecule has 0 bridgehead atoms. The highest BCUT2D eigenvalue weighted by molar-refractivity contribution is 7.70. The molecule has 0 aliphatic carbocycles. The fourth-order valence-electron chi connectivity index (χ4n) is 4.12. The first kappa shape index (κ1) is 26.0. The first-order valence-corrected chi connectivity index (χ1v) is 13.1. The van der Waals surface area contributed by atoms with Gasteiger partial charge in [0.1, 0.15) is 10.8 Å². The molecule has 4 rings (SSSR count). The van der Waals surface area contributed by atoms with Crippen LogP contribution in [0, 0.1) is 0 Å². The molecule has 2 heterocycles. The van der Waals surface area contributed by atoms with Gasteiger partial charge in [-0.05, 0) is 43.7 Å². The van der Waals surface area contributed by atoms with Crippen molar-refractivity contribution in [1.82, 2.24) is 20.0 Å². The van der Waals surface area contributed by atoms with Crippen molar-refractivity contribution in [1.29, 1.82) is 0 Å². The summed E-state index contributed by atoms with van der Waals surface area (Å²) in [4.78, 5) is 11.2. The lowest BCUT2D eigenvalue weighted by molar-refractivity contribution is 0.415. The van der Waals surface area contributed by atoms with Crippen molar-refractivity contribution in [2.24, 2.45) is 0 Å². The molecular formula is C24H30ClN7O3S. The van der Waals surface area contributed by atoms with Crippen molar-refractivity contribution in [3.05, 3.63) is 59.2 Å². The molecule has 0 saturated carbocycles. The highest BCUT2D eigenvalue weighted by Crippen LogP contribution is 2.33. The first-order chi connectivity index (χ1) is 17.5. The van der Waals surface area contributed by atoms with Crippen LogP contribution in [-0.2, 0) is 17.4 Å². The van der Waals surface area contributed by atoms with Crippen LogP contribution in [0.1, 0.15) is 18.4 Å². The lowest BCUT2D eigenvalue weighted by atomic mass is 10.0. The molecule has 0 radical (unpaired) electrons. The van der Waals surface area contributed by atoms with E-state index in [-0.39, 0.29) is 6.54 Å². The molecule has 0 atom stereocenters. The van der Waals surface area contributed by atoms with E-state index in [0.717, 1.165) is 42.9 Å². The maximum absolute atomic E-state index is 10.9. The number of hydrogen-bond acceptors (Lipinski definition) is 9. The topological polar surface area (TPSA) is 121 Å². The van der Waals surface area contributed by atoms with E-state index >= 15 is 0 Å². The Morgan fingerprint density at radius 1 is 1.11 bits per heavy atom. The van der Waals surface area contributed by atoms with Gasteiger partial charge in [-0.25, -0.2) is 18.1 Å². The van der Waals surface area contributed by atoms with Gasteiger partial charge in [0, 0.05) is 43.1 Å². The number of aromatic nitrogens is 2. The Labute approximate surface area is 217 Å². The molecule has 1 fully saturated rings. The van der Waals surface area contributed by atoms with Gasteiger partial charge in [-0.1, -0.05) is 29.8 Å². The minimum atomic E-state index is -2.71. The van der Waals surface area contributed by atoms with Gasteiger partial charge in [0.25, 0.3) is 0 Å². The Morgan fingerprint density at radius 3 is 2.61 bits per heavy atom. The highest BCUT2D eigenvalue weighted by Gasteiger charge is 2.19. The number of benzene rings is 2. The summed E-state index contributed by atoms with van der Waals surface area (Å²) in [5.41, 5.74) is 3.26. The summed E-state index contributed by atoms with van der Waals surface area (Å²) >= 11 is 6.35. The van der Waals surface area contributed by atoms with Gasteiger partial charge in [-0.2, -0.15) is 4.98 Å². The summed E-state index contributed by atoms with van der Waals surface area (Å²) in [6.07, 6.45) is 3.70. The normalized spacial score (nSPS) is 14.2. The lowest BCUT2D eigenvalue weighted by Gasteiger charge is -2.33. The molecule has 192 valence electrons. The summed E-state index contributed by atoms with van der Waals surface area (Å²) in [6, 6.07) is 13.9.